The van der Waals surface area contributed by atoms with Crippen LogP contribution in [0.4, 0.5) is 18.3 Å². The second-order valence-electron chi connectivity index (χ2n) is 8.41. The fourth-order valence-electron chi connectivity index (χ4n) is 3.12. The van der Waals surface area contributed by atoms with Crippen LogP contribution in [0.5, 0.6) is 5.75 Å². The SMILES string of the molecule is Cc1cccc(C(F)(F)F)c1-c1nc(N)sc1-c1cccc(OCCC(C)(C)C)c1. The fraction of sp³-hybridized carbons (Fsp3) is 0.348. The molecule has 7 heteroatoms. The largest absolute Gasteiger partial charge is 0.494 e. The number of anilines is 1. The van der Waals surface area contributed by atoms with Gasteiger partial charge in [-0.15, -0.1) is 0 Å². The Morgan fingerprint density at radius 3 is 2.43 bits per heavy atom. The van der Waals surface area contributed by atoms with Crippen LogP contribution in [0.1, 0.15) is 38.3 Å². The normalized spacial score (nSPS) is 12.2. The number of hydrogen-bond acceptors (Lipinski definition) is 4. The molecule has 3 rings (SSSR count). The molecule has 0 fully saturated rings. The Kier molecular flexibility index (Phi) is 6.13. The summed E-state index contributed by atoms with van der Waals surface area (Å²) in [6.07, 6.45) is -3.61. The number of ether oxygens (including phenoxy) is 1. The summed E-state index contributed by atoms with van der Waals surface area (Å²) >= 11 is 1.17. The molecule has 0 saturated carbocycles. The lowest BCUT2D eigenvalue weighted by atomic mass is 9.93. The van der Waals surface area contributed by atoms with Gasteiger partial charge in [0.25, 0.3) is 0 Å². The van der Waals surface area contributed by atoms with Gasteiger partial charge in [-0.1, -0.05) is 56.4 Å². The Hall–Kier alpha value is -2.54. The van der Waals surface area contributed by atoms with Crippen LogP contribution >= 0.6 is 11.3 Å². The highest BCUT2D eigenvalue weighted by molar-refractivity contribution is 7.19. The second-order valence-corrected chi connectivity index (χ2v) is 9.44. The number of aromatic nitrogens is 1. The van der Waals surface area contributed by atoms with E-state index in [1.165, 1.54) is 17.4 Å². The predicted octanol–water partition coefficient (Wildman–Crippen LogP) is 7.20. The number of nitrogens with two attached hydrogens (primary N) is 1. The van der Waals surface area contributed by atoms with E-state index in [9.17, 15) is 13.2 Å². The van der Waals surface area contributed by atoms with Gasteiger partial charge in [-0.05, 0) is 48.1 Å². The molecule has 0 atom stereocenters. The molecule has 0 amide bonds. The van der Waals surface area contributed by atoms with Gasteiger partial charge in [0.05, 0.1) is 22.7 Å². The van der Waals surface area contributed by atoms with Crippen molar-refractivity contribution in [2.24, 2.45) is 5.41 Å². The van der Waals surface area contributed by atoms with Crippen LogP contribution in [0, 0.1) is 12.3 Å². The molecule has 2 N–H and O–H groups in total. The molecule has 0 aliphatic heterocycles. The first-order chi connectivity index (χ1) is 14.0. The van der Waals surface area contributed by atoms with Crippen LogP contribution in [0.3, 0.4) is 0 Å². The highest BCUT2D eigenvalue weighted by Gasteiger charge is 2.35. The van der Waals surface area contributed by atoms with Gasteiger partial charge in [-0.2, -0.15) is 13.2 Å². The van der Waals surface area contributed by atoms with E-state index < -0.39 is 11.7 Å². The third kappa shape index (κ3) is 5.14. The van der Waals surface area contributed by atoms with Crippen LogP contribution in [0.25, 0.3) is 21.7 Å². The molecule has 0 spiro atoms. The first-order valence-electron chi connectivity index (χ1n) is 9.62. The first-order valence-corrected chi connectivity index (χ1v) is 10.4. The molecule has 0 saturated heterocycles. The smallest absolute Gasteiger partial charge is 0.417 e. The Labute approximate surface area is 178 Å². The van der Waals surface area contributed by atoms with E-state index in [-0.39, 0.29) is 21.8 Å². The van der Waals surface area contributed by atoms with Crippen LogP contribution in [-0.2, 0) is 6.18 Å². The minimum absolute atomic E-state index is 0.0620. The molecule has 3 nitrogen and oxygen atoms in total. The van der Waals surface area contributed by atoms with Crippen LogP contribution in [0.2, 0.25) is 0 Å². The molecule has 0 aliphatic carbocycles. The van der Waals surface area contributed by atoms with Crippen molar-refractivity contribution in [1.82, 2.24) is 4.98 Å². The quantitative estimate of drug-likeness (QED) is 0.462. The van der Waals surface area contributed by atoms with Gasteiger partial charge in [0.1, 0.15) is 5.75 Å². The van der Waals surface area contributed by atoms with Gasteiger partial charge in [0, 0.05) is 5.56 Å². The average Bonchev–Trinajstić information content (AvgIpc) is 3.01. The van der Waals surface area contributed by atoms with E-state index in [1.54, 1.807) is 13.0 Å². The minimum Gasteiger partial charge on any atom is -0.494 e. The Morgan fingerprint density at radius 2 is 1.77 bits per heavy atom. The number of benzene rings is 2. The molecule has 0 bridgehead atoms. The zero-order valence-electron chi connectivity index (χ0n) is 17.4. The number of hydrogen-bond donors (Lipinski definition) is 1. The van der Waals surface area contributed by atoms with Crippen molar-refractivity contribution >= 4 is 16.5 Å². The van der Waals surface area contributed by atoms with E-state index in [1.807, 2.05) is 24.3 Å². The van der Waals surface area contributed by atoms with E-state index >= 15 is 0 Å². The molecule has 3 aromatic rings. The van der Waals surface area contributed by atoms with Gasteiger partial charge in [-0.25, -0.2) is 4.98 Å². The van der Waals surface area contributed by atoms with Crippen molar-refractivity contribution in [2.75, 3.05) is 12.3 Å². The predicted molar refractivity (Wildman–Crippen MR) is 117 cm³/mol. The maximum absolute atomic E-state index is 13.7. The summed E-state index contributed by atoms with van der Waals surface area (Å²) in [6, 6.07) is 11.4. The molecule has 2 aromatic carbocycles. The van der Waals surface area contributed by atoms with Crippen LogP contribution in [0.15, 0.2) is 42.5 Å². The Bertz CT molecular complexity index is 1040. The highest BCUT2D eigenvalue weighted by Crippen LogP contribution is 2.45. The maximum Gasteiger partial charge on any atom is 0.417 e. The van der Waals surface area contributed by atoms with Crippen molar-refractivity contribution in [3.63, 3.8) is 0 Å². The minimum atomic E-state index is -4.49. The number of nitrogens with zero attached hydrogens (tertiary/aromatic N) is 1. The van der Waals surface area contributed by atoms with Crippen molar-refractivity contribution < 1.29 is 17.9 Å². The van der Waals surface area contributed by atoms with E-state index in [0.29, 0.717) is 22.8 Å². The maximum atomic E-state index is 13.7. The summed E-state index contributed by atoms with van der Waals surface area (Å²) in [5, 5.41) is 0.218. The van der Waals surface area contributed by atoms with Crippen LogP contribution < -0.4 is 10.5 Å². The summed E-state index contributed by atoms with van der Waals surface area (Å²) in [4.78, 5) is 4.86. The Morgan fingerprint density at radius 1 is 1.07 bits per heavy atom. The van der Waals surface area contributed by atoms with Gasteiger partial charge in [0.2, 0.25) is 0 Å². The lowest BCUT2D eigenvalue weighted by molar-refractivity contribution is -0.137. The summed E-state index contributed by atoms with van der Waals surface area (Å²) in [6.45, 7) is 8.62. The summed E-state index contributed by atoms with van der Waals surface area (Å²) in [5.74, 6) is 0.662. The van der Waals surface area contributed by atoms with Crippen molar-refractivity contribution in [1.29, 1.82) is 0 Å². The van der Waals surface area contributed by atoms with Gasteiger partial charge < -0.3 is 10.5 Å². The second kappa shape index (κ2) is 8.30. The lowest BCUT2D eigenvalue weighted by Gasteiger charge is -2.18. The molecule has 0 radical (unpaired) electrons. The van der Waals surface area contributed by atoms with E-state index in [0.717, 1.165) is 18.1 Å². The average molecular weight is 435 g/mol. The Balaban J connectivity index is 2.03. The van der Waals surface area contributed by atoms with Crippen molar-refractivity contribution in [3.8, 4) is 27.4 Å². The number of aryl methyl sites for hydroxylation is 1. The zero-order chi connectivity index (χ0) is 22.1. The number of halogens is 3. The third-order valence-electron chi connectivity index (χ3n) is 4.68. The van der Waals surface area contributed by atoms with E-state index in [4.69, 9.17) is 10.5 Å². The molecular weight excluding hydrogens is 409 g/mol. The van der Waals surface area contributed by atoms with Gasteiger partial charge in [0.15, 0.2) is 5.13 Å². The molecule has 1 aromatic heterocycles. The number of nitrogen functional groups attached to an aromatic ring is 1. The summed E-state index contributed by atoms with van der Waals surface area (Å²) < 4.78 is 46.9. The summed E-state index contributed by atoms with van der Waals surface area (Å²) in [5.41, 5.74) is 6.88. The topological polar surface area (TPSA) is 48.1 Å². The molecule has 0 aliphatic rings. The molecule has 30 heavy (non-hydrogen) atoms. The van der Waals surface area contributed by atoms with E-state index in [2.05, 4.69) is 25.8 Å². The van der Waals surface area contributed by atoms with Gasteiger partial charge >= 0.3 is 6.18 Å². The standard InChI is InChI=1S/C23H25F3N2OS/c1-14-7-5-10-17(23(24,25)26)18(14)19-20(30-21(27)28-19)15-8-6-9-16(13-15)29-12-11-22(2,3)4/h5-10,13H,11-12H2,1-4H3,(H2,27,28). The molecule has 0 unspecified atom stereocenters. The number of alkyl halides is 3. The van der Waals surface area contributed by atoms with Crippen molar-refractivity contribution in [3.05, 3.63) is 53.6 Å². The lowest BCUT2D eigenvalue weighted by Crippen LogP contribution is -2.11. The molecular formula is C23H25F3N2OS. The fourth-order valence-corrected chi connectivity index (χ4v) is 3.96. The summed E-state index contributed by atoms with van der Waals surface area (Å²) in [7, 11) is 0. The third-order valence-corrected chi connectivity index (χ3v) is 5.61. The number of rotatable bonds is 5. The zero-order valence-corrected chi connectivity index (χ0v) is 18.2. The van der Waals surface area contributed by atoms with Crippen molar-refractivity contribution in [2.45, 2.75) is 40.3 Å². The first kappa shape index (κ1) is 22.2. The highest BCUT2D eigenvalue weighted by atomic mass is 32.1. The number of thiazole rings is 1. The molecule has 160 valence electrons. The monoisotopic (exact) mass is 434 g/mol. The van der Waals surface area contributed by atoms with Gasteiger partial charge in [-0.3, -0.25) is 0 Å². The molecule has 1 heterocycles. The van der Waals surface area contributed by atoms with Crippen LogP contribution in [-0.4, -0.2) is 11.6 Å².